The Balaban J connectivity index is 2.35. The highest BCUT2D eigenvalue weighted by molar-refractivity contribution is 7.99. The van der Waals surface area contributed by atoms with Crippen LogP contribution in [-0.2, 0) is 5.60 Å². The van der Waals surface area contributed by atoms with Gasteiger partial charge in [-0.15, -0.1) is 0 Å². The van der Waals surface area contributed by atoms with Crippen molar-refractivity contribution in [2.75, 3.05) is 11.5 Å². The molecular formula is C11H12O2S. The molecule has 0 amide bonds. The number of carbonyl (C=O) groups excluding carboxylic acids is 1. The summed E-state index contributed by atoms with van der Waals surface area (Å²) in [5.74, 6) is 1.72. The van der Waals surface area contributed by atoms with Crippen LogP contribution in [-0.4, -0.2) is 22.9 Å². The molecule has 2 nitrogen and oxygen atoms in total. The Morgan fingerprint density at radius 1 is 1.50 bits per heavy atom. The molecule has 3 heteroatoms. The lowest BCUT2D eigenvalue weighted by Crippen LogP contribution is -2.24. The van der Waals surface area contributed by atoms with E-state index >= 15 is 0 Å². The van der Waals surface area contributed by atoms with E-state index < -0.39 is 5.60 Å². The fourth-order valence-corrected chi connectivity index (χ4v) is 2.96. The molecule has 1 atom stereocenters. The second kappa shape index (κ2) is 3.75. The molecule has 1 fully saturated rings. The summed E-state index contributed by atoms with van der Waals surface area (Å²) in [6.45, 7) is 0. The number of thioether (sulfide) groups is 1. The molecule has 0 spiro atoms. The van der Waals surface area contributed by atoms with Crippen LogP contribution in [0.5, 0.6) is 0 Å². The summed E-state index contributed by atoms with van der Waals surface area (Å²) in [7, 11) is 0. The van der Waals surface area contributed by atoms with Gasteiger partial charge in [-0.1, -0.05) is 18.2 Å². The van der Waals surface area contributed by atoms with Crippen molar-refractivity contribution >= 4 is 18.0 Å². The standard InChI is InChI=1S/C11H12O2S/c12-7-9-2-1-3-10(6-9)11(13)4-5-14-8-11/h1-3,6-7,13H,4-5,8H2. The third-order valence-electron chi connectivity index (χ3n) is 2.56. The lowest BCUT2D eigenvalue weighted by Gasteiger charge is -2.21. The minimum Gasteiger partial charge on any atom is -0.384 e. The van der Waals surface area contributed by atoms with Crippen LogP contribution in [0.1, 0.15) is 22.3 Å². The van der Waals surface area contributed by atoms with Crippen molar-refractivity contribution in [3.63, 3.8) is 0 Å². The molecule has 1 aromatic carbocycles. The lowest BCUT2D eigenvalue weighted by molar-refractivity contribution is 0.0657. The minimum atomic E-state index is -0.719. The average Bonchev–Trinajstić information content (AvgIpc) is 2.67. The topological polar surface area (TPSA) is 37.3 Å². The molecule has 74 valence electrons. The maximum absolute atomic E-state index is 10.6. The minimum absolute atomic E-state index is 0.632. The van der Waals surface area contributed by atoms with E-state index in [1.807, 2.05) is 12.1 Å². The van der Waals surface area contributed by atoms with Gasteiger partial charge in [0.2, 0.25) is 0 Å². The molecule has 0 bridgehead atoms. The predicted octanol–water partition coefficient (Wildman–Crippen LogP) is 1.82. The third-order valence-corrected chi connectivity index (χ3v) is 3.74. The Bertz CT molecular complexity index is 343. The molecule has 0 aromatic heterocycles. The zero-order valence-corrected chi connectivity index (χ0v) is 8.59. The Morgan fingerprint density at radius 2 is 2.36 bits per heavy atom. The van der Waals surface area contributed by atoms with Gasteiger partial charge in [0.25, 0.3) is 0 Å². The molecule has 1 saturated heterocycles. The van der Waals surface area contributed by atoms with Crippen molar-refractivity contribution in [3.05, 3.63) is 35.4 Å². The Morgan fingerprint density at radius 3 is 3.00 bits per heavy atom. The van der Waals surface area contributed by atoms with Crippen LogP contribution in [0.25, 0.3) is 0 Å². The molecule has 1 unspecified atom stereocenters. The van der Waals surface area contributed by atoms with Gasteiger partial charge in [0.15, 0.2) is 0 Å². The maximum Gasteiger partial charge on any atom is 0.150 e. The van der Waals surface area contributed by atoms with Crippen molar-refractivity contribution in [2.45, 2.75) is 12.0 Å². The summed E-state index contributed by atoms with van der Waals surface area (Å²) in [4.78, 5) is 10.6. The maximum atomic E-state index is 10.6. The van der Waals surface area contributed by atoms with Gasteiger partial charge >= 0.3 is 0 Å². The molecule has 0 aliphatic carbocycles. The zero-order chi connectivity index (χ0) is 10.0. The molecule has 0 saturated carbocycles. The lowest BCUT2D eigenvalue weighted by atomic mass is 9.92. The molecular weight excluding hydrogens is 196 g/mol. The highest BCUT2D eigenvalue weighted by Crippen LogP contribution is 2.36. The second-order valence-electron chi connectivity index (χ2n) is 3.58. The van der Waals surface area contributed by atoms with Gasteiger partial charge in [-0.2, -0.15) is 11.8 Å². The molecule has 1 aromatic rings. The molecule has 2 rings (SSSR count). The van der Waals surface area contributed by atoms with Gasteiger partial charge in [-0.3, -0.25) is 4.79 Å². The first-order chi connectivity index (χ1) is 6.74. The first kappa shape index (κ1) is 9.74. The molecule has 1 aliphatic rings. The van der Waals surface area contributed by atoms with Gasteiger partial charge < -0.3 is 5.11 Å². The van der Waals surface area contributed by atoms with Crippen LogP contribution < -0.4 is 0 Å². The molecule has 1 heterocycles. The van der Waals surface area contributed by atoms with Crippen LogP contribution in [0.15, 0.2) is 24.3 Å². The van der Waals surface area contributed by atoms with Crippen LogP contribution in [0.3, 0.4) is 0 Å². The summed E-state index contributed by atoms with van der Waals surface area (Å²) in [5.41, 5.74) is 0.781. The van der Waals surface area contributed by atoms with Gasteiger partial charge in [0, 0.05) is 11.3 Å². The molecule has 14 heavy (non-hydrogen) atoms. The predicted molar refractivity (Wildman–Crippen MR) is 57.7 cm³/mol. The number of aliphatic hydroxyl groups is 1. The third kappa shape index (κ3) is 1.70. The number of aldehydes is 1. The van der Waals surface area contributed by atoms with E-state index in [9.17, 15) is 9.90 Å². The summed E-state index contributed by atoms with van der Waals surface area (Å²) in [5, 5.41) is 10.2. The zero-order valence-electron chi connectivity index (χ0n) is 7.77. The Hall–Kier alpha value is -0.800. The normalized spacial score (nSPS) is 26.4. The van der Waals surface area contributed by atoms with Crippen molar-refractivity contribution in [1.82, 2.24) is 0 Å². The SMILES string of the molecule is O=Cc1cccc(C2(O)CCSC2)c1. The number of rotatable bonds is 2. The van der Waals surface area contributed by atoms with E-state index in [0.717, 1.165) is 29.8 Å². The van der Waals surface area contributed by atoms with Crippen LogP contribution in [0.4, 0.5) is 0 Å². The monoisotopic (exact) mass is 208 g/mol. The van der Waals surface area contributed by atoms with Gasteiger partial charge in [-0.05, 0) is 23.8 Å². The summed E-state index contributed by atoms with van der Waals surface area (Å²) in [6, 6.07) is 7.24. The summed E-state index contributed by atoms with van der Waals surface area (Å²) >= 11 is 1.75. The van der Waals surface area contributed by atoms with E-state index in [1.54, 1.807) is 23.9 Å². The molecule has 1 aliphatic heterocycles. The van der Waals surface area contributed by atoms with Crippen molar-refractivity contribution in [1.29, 1.82) is 0 Å². The second-order valence-corrected chi connectivity index (χ2v) is 4.68. The smallest absolute Gasteiger partial charge is 0.150 e. The fourth-order valence-electron chi connectivity index (χ4n) is 1.68. The average molecular weight is 208 g/mol. The number of hydrogen-bond donors (Lipinski definition) is 1. The highest BCUT2D eigenvalue weighted by atomic mass is 32.2. The van der Waals surface area contributed by atoms with Crippen LogP contribution in [0, 0.1) is 0 Å². The largest absolute Gasteiger partial charge is 0.384 e. The Labute approximate surface area is 87.3 Å². The highest BCUT2D eigenvalue weighted by Gasteiger charge is 2.33. The van der Waals surface area contributed by atoms with Gasteiger partial charge in [-0.25, -0.2) is 0 Å². The fraction of sp³-hybridized carbons (Fsp3) is 0.364. The van der Waals surface area contributed by atoms with E-state index in [4.69, 9.17) is 0 Å². The molecule has 1 N–H and O–H groups in total. The quantitative estimate of drug-likeness (QED) is 0.753. The van der Waals surface area contributed by atoms with Crippen LogP contribution >= 0.6 is 11.8 Å². The van der Waals surface area contributed by atoms with E-state index in [-0.39, 0.29) is 0 Å². The number of hydrogen-bond acceptors (Lipinski definition) is 3. The van der Waals surface area contributed by atoms with Gasteiger partial charge in [0.05, 0.1) is 5.60 Å². The van der Waals surface area contributed by atoms with E-state index in [1.165, 1.54) is 0 Å². The van der Waals surface area contributed by atoms with E-state index in [2.05, 4.69) is 0 Å². The number of benzene rings is 1. The van der Waals surface area contributed by atoms with E-state index in [0.29, 0.717) is 5.56 Å². The summed E-state index contributed by atoms with van der Waals surface area (Å²) < 4.78 is 0. The van der Waals surface area contributed by atoms with Crippen molar-refractivity contribution < 1.29 is 9.90 Å². The van der Waals surface area contributed by atoms with Crippen LogP contribution in [0.2, 0.25) is 0 Å². The van der Waals surface area contributed by atoms with Crippen molar-refractivity contribution in [3.8, 4) is 0 Å². The summed E-state index contributed by atoms with van der Waals surface area (Å²) in [6.07, 6.45) is 1.59. The molecule has 0 radical (unpaired) electrons. The Kier molecular flexibility index (Phi) is 2.61. The number of carbonyl (C=O) groups is 1. The first-order valence-electron chi connectivity index (χ1n) is 4.60. The first-order valence-corrected chi connectivity index (χ1v) is 5.76. The van der Waals surface area contributed by atoms with Crippen molar-refractivity contribution in [2.24, 2.45) is 0 Å². The van der Waals surface area contributed by atoms with Gasteiger partial charge in [0.1, 0.15) is 6.29 Å².